The first-order valence-electron chi connectivity index (χ1n) is 13.1. The second-order valence-electron chi connectivity index (χ2n) is 9.63. The zero-order valence-corrected chi connectivity index (χ0v) is 23.1. The lowest BCUT2D eigenvalue weighted by atomic mass is 10.2. The van der Waals surface area contributed by atoms with E-state index in [4.69, 9.17) is 4.74 Å². The van der Waals surface area contributed by atoms with Crippen molar-refractivity contribution in [3.8, 4) is 0 Å². The molecule has 3 amide bonds. The summed E-state index contributed by atoms with van der Waals surface area (Å²) >= 11 is 1.62. The van der Waals surface area contributed by atoms with Crippen molar-refractivity contribution in [3.05, 3.63) is 87.6 Å². The van der Waals surface area contributed by atoms with Crippen LogP contribution >= 0.6 is 11.3 Å². The number of amides is 3. The normalized spacial score (nSPS) is 14.1. The Balaban J connectivity index is 1.49. The van der Waals surface area contributed by atoms with Crippen molar-refractivity contribution in [2.75, 3.05) is 51.3 Å². The zero-order valence-electron chi connectivity index (χ0n) is 22.3. The van der Waals surface area contributed by atoms with Gasteiger partial charge in [0.2, 0.25) is 5.91 Å². The molecule has 0 aliphatic carbocycles. The average Bonchev–Trinajstić information content (AvgIpc) is 3.35. The van der Waals surface area contributed by atoms with Gasteiger partial charge in [0.1, 0.15) is 6.54 Å². The first-order chi connectivity index (χ1) is 19.2. The van der Waals surface area contributed by atoms with Crippen LogP contribution in [0.2, 0.25) is 0 Å². The molecule has 7 nitrogen and oxygen atoms in total. The molecule has 1 saturated heterocycles. The minimum atomic E-state index is -4.47. The largest absolute Gasteiger partial charge is 0.416 e. The summed E-state index contributed by atoms with van der Waals surface area (Å²) in [5, 5.41) is 2.66. The maximum atomic E-state index is 13.7. The number of thiophene rings is 1. The molecule has 0 radical (unpaired) electrons. The van der Waals surface area contributed by atoms with Crippen molar-refractivity contribution in [2.45, 2.75) is 26.2 Å². The second-order valence-corrected chi connectivity index (χ2v) is 11.0. The van der Waals surface area contributed by atoms with Crippen LogP contribution in [-0.2, 0) is 28.8 Å². The summed E-state index contributed by atoms with van der Waals surface area (Å²) in [6, 6.07) is 17.4. The molecule has 2 aromatic carbocycles. The molecule has 3 aromatic rings. The number of aryl methyl sites for hydroxylation is 1. The zero-order chi connectivity index (χ0) is 28.5. The monoisotopic (exact) mass is 574 g/mol. The maximum absolute atomic E-state index is 13.7. The third kappa shape index (κ3) is 8.80. The van der Waals surface area contributed by atoms with Crippen LogP contribution in [0.15, 0.2) is 66.7 Å². The molecule has 0 unspecified atom stereocenters. The Morgan fingerprint density at radius 3 is 2.27 bits per heavy atom. The van der Waals surface area contributed by atoms with Crippen molar-refractivity contribution in [1.82, 2.24) is 14.7 Å². The van der Waals surface area contributed by atoms with E-state index in [0.717, 1.165) is 40.5 Å². The number of hydrogen-bond acceptors (Lipinski definition) is 5. The Kier molecular flexibility index (Phi) is 10.2. The second kappa shape index (κ2) is 13.8. The van der Waals surface area contributed by atoms with Crippen LogP contribution in [0.25, 0.3) is 0 Å². The van der Waals surface area contributed by atoms with Gasteiger partial charge in [-0.05, 0) is 48.9 Å². The number of rotatable bonds is 10. The van der Waals surface area contributed by atoms with E-state index in [1.807, 2.05) is 49.4 Å². The van der Waals surface area contributed by atoms with E-state index in [0.29, 0.717) is 32.8 Å². The summed E-state index contributed by atoms with van der Waals surface area (Å²) < 4.78 is 44.3. The molecule has 214 valence electrons. The highest BCUT2D eigenvalue weighted by Crippen LogP contribution is 2.30. The average molecular weight is 575 g/mol. The van der Waals surface area contributed by atoms with Crippen LogP contribution in [0.1, 0.15) is 20.9 Å². The SMILES string of the molecule is Cc1ccc(CN(Cc2ccccc2)C(=O)CN(CCN2CCOCC2)C(=O)Nc2ccc(C(F)(F)F)cc2)s1. The van der Waals surface area contributed by atoms with Gasteiger partial charge in [0.25, 0.3) is 0 Å². The van der Waals surface area contributed by atoms with Gasteiger partial charge < -0.3 is 19.9 Å². The van der Waals surface area contributed by atoms with Crippen molar-refractivity contribution in [2.24, 2.45) is 0 Å². The highest BCUT2D eigenvalue weighted by molar-refractivity contribution is 7.11. The Morgan fingerprint density at radius 1 is 0.950 bits per heavy atom. The molecule has 11 heteroatoms. The molecule has 1 aliphatic heterocycles. The highest BCUT2D eigenvalue weighted by Gasteiger charge is 2.30. The van der Waals surface area contributed by atoms with E-state index in [1.165, 1.54) is 17.0 Å². The molecule has 1 N–H and O–H groups in total. The number of anilines is 1. The summed E-state index contributed by atoms with van der Waals surface area (Å²) in [7, 11) is 0. The number of halogens is 3. The Hall–Kier alpha value is -3.41. The van der Waals surface area contributed by atoms with E-state index in [2.05, 4.69) is 10.2 Å². The maximum Gasteiger partial charge on any atom is 0.416 e. The smallest absolute Gasteiger partial charge is 0.379 e. The summed E-state index contributed by atoms with van der Waals surface area (Å²) in [5.74, 6) is -0.223. The Morgan fingerprint density at radius 2 is 1.65 bits per heavy atom. The number of hydrogen-bond donors (Lipinski definition) is 1. The Labute approximate surface area is 236 Å². The van der Waals surface area contributed by atoms with Crippen LogP contribution in [0.3, 0.4) is 0 Å². The van der Waals surface area contributed by atoms with Gasteiger partial charge in [-0.3, -0.25) is 9.69 Å². The summed E-state index contributed by atoms with van der Waals surface area (Å²) in [5.41, 5.74) is 0.389. The van der Waals surface area contributed by atoms with E-state index < -0.39 is 17.8 Å². The molecule has 1 aliphatic rings. The molecule has 0 atom stereocenters. The van der Waals surface area contributed by atoms with Crippen LogP contribution in [-0.4, -0.2) is 72.6 Å². The number of urea groups is 1. The van der Waals surface area contributed by atoms with E-state index in [1.54, 1.807) is 16.2 Å². The molecule has 40 heavy (non-hydrogen) atoms. The van der Waals surface area contributed by atoms with E-state index in [9.17, 15) is 22.8 Å². The number of morpholine rings is 1. The number of carbonyl (C=O) groups excluding carboxylic acids is 2. The topological polar surface area (TPSA) is 65.1 Å². The summed E-state index contributed by atoms with van der Waals surface area (Å²) in [6.45, 7) is 6.09. The van der Waals surface area contributed by atoms with Crippen molar-refractivity contribution in [3.63, 3.8) is 0 Å². The first kappa shape index (κ1) is 29.6. The molecule has 0 bridgehead atoms. The fraction of sp³-hybridized carbons (Fsp3) is 0.379. The van der Waals surface area contributed by atoms with Gasteiger partial charge in [0.15, 0.2) is 0 Å². The van der Waals surface area contributed by atoms with Gasteiger partial charge in [0.05, 0.1) is 25.3 Å². The van der Waals surface area contributed by atoms with Crippen molar-refractivity contribution < 1.29 is 27.5 Å². The minimum Gasteiger partial charge on any atom is -0.379 e. The number of nitrogens with one attached hydrogen (secondary N) is 1. The van der Waals surface area contributed by atoms with Gasteiger partial charge in [-0.2, -0.15) is 13.2 Å². The van der Waals surface area contributed by atoms with E-state index >= 15 is 0 Å². The molecule has 1 aromatic heterocycles. The van der Waals surface area contributed by atoms with Gasteiger partial charge in [0, 0.05) is 48.2 Å². The highest BCUT2D eigenvalue weighted by atomic mass is 32.1. The Bertz CT molecular complexity index is 1250. The van der Waals surface area contributed by atoms with Gasteiger partial charge >= 0.3 is 12.2 Å². The summed E-state index contributed by atoms with van der Waals surface area (Å²) in [6.07, 6.45) is -4.47. The predicted molar refractivity (Wildman–Crippen MR) is 149 cm³/mol. The number of nitrogens with zero attached hydrogens (tertiary/aromatic N) is 3. The number of carbonyl (C=O) groups is 2. The lowest BCUT2D eigenvalue weighted by Crippen LogP contribution is -2.48. The van der Waals surface area contributed by atoms with Crippen LogP contribution < -0.4 is 5.32 Å². The van der Waals surface area contributed by atoms with Crippen LogP contribution in [0.4, 0.5) is 23.7 Å². The van der Waals surface area contributed by atoms with Crippen molar-refractivity contribution in [1.29, 1.82) is 0 Å². The van der Waals surface area contributed by atoms with Gasteiger partial charge in [-0.1, -0.05) is 30.3 Å². The molecular formula is C29H33F3N4O3S. The number of benzene rings is 2. The fourth-order valence-corrected chi connectivity index (χ4v) is 5.25. The quantitative estimate of drug-likeness (QED) is 0.349. The summed E-state index contributed by atoms with van der Waals surface area (Å²) in [4.78, 5) is 34.5. The van der Waals surface area contributed by atoms with Crippen molar-refractivity contribution >= 4 is 29.0 Å². The number of alkyl halides is 3. The lowest BCUT2D eigenvalue weighted by molar-refractivity contribution is -0.137. The number of ether oxygens (including phenoxy) is 1. The minimum absolute atomic E-state index is 0.173. The molecular weight excluding hydrogens is 541 g/mol. The first-order valence-corrected chi connectivity index (χ1v) is 13.9. The van der Waals surface area contributed by atoms with Crippen LogP contribution in [0, 0.1) is 6.92 Å². The fourth-order valence-electron chi connectivity index (χ4n) is 4.34. The third-order valence-electron chi connectivity index (χ3n) is 6.58. The molecule has 1 fully saturated rings. The predicted octanol–water partition coefficient (Wildman–Crippen LogP) is 5.47. The molecule has 4 rings (SSSR count). The molecule has 0 saturated carbocycles. The molecule has 2 heterocycles. The standard InChI is InChI=1S/C29H33F3N4O3S/c1-22-7-12-26(40-22)20-36(19-23-5-3-2-4-6-23)27(37)21-35(14-13-34-15-17-39-18-16-34)28(38)33-25-10-8-24(9-11-25)29(30,31)32/h2-12H,13-21H2,1H3,(H,33,38). The molecule has 0 spiro atoms. The lowest BCUT2D eigenvalue weighted by Gasteiger charge is -2.31. The van der Waals surface area contributed by atoms with Crippen LogP contribution in [0.5, 0.6) is 0 Å². The van der Waals surface area contributed by atoms with E-state index in [-0.39, 0.29) is 24.7 Å². The van der Waals surface area contributed by atoms with Gasteiger partial charge in [-0.25, -0.2) is 4.79 Å². The van der Waals surface area contributed by atoms with Gasteiger partial charge in [-0.15, -0.1) is 11.3 Å². The third-order valence-corrected chi connectivity index (χ3v) is 7.56.